The van der Waals surface area contributed by atoms with Crippen molar-refractivity contribution >= 4 is 11.3 Å². The number of fused-ring (bicyclic) bond motifs is 1. The van der Waals surface area contributed by atoms with Gasteiger partial charge in [0, 0.05) is 22.3 Å². The maximum absolute atomic E-state index is 13.1. The lowest BCUT2D eigenvalue weighted by molar-refractivity contribution is 0.533. The van der Waals surface area contributed by atoms with Gasteiger partial charge in [0.15, 0.2) is 0 Å². The van der Waals surface area contributed by atoms with Gasteiger partial charge in [-0.3, -0.25) is 0 Å². The van der Waals surface area contributed by atoms with E-state index in [0.717, 1.165) is 24.9 Å². The predicted molar refractivity (Wildman–Crippen MR) is 73.4 cm³/mol. The number of nitrogens with one attached hydrogen (secondary N) is 1. The van der Waals surface area contributed by atoms with E-state index in [0.29, 0.717) is 6.04 Å². The highest BCUT2D eigenvalue weighted by molar-refractivity contribution is 7.11. The first-order valence-corrected chi connectivity index (χ1v) is 7.11. The third-order valence-corrected chi connectivity index (χ3v) is 4.50. The molecule has 0 fully saturated rings. The lowest BCUT2D eigenvalue weighted by atomic mass is 10.1. The fourth-order valence-electron chi connectivity index (χ4n) is 2.60. The summed E-state index contributed by atoms with van der Waals surface area (Å²) in [5.41, 5.74) is 2.43. The van der Waals surface area contributed by atoms with Gasteiger partial charge in [-0.15, -0.1) is 11.3 Å². The van der Waals surface area contributed by atoms with Crippen LogP contribution in [0.1, 0.15) is 33.3 Å². The van der Waals surface area contributed by atoms with Crippen molar-refractivity contribution in [1.29, 1.82) is 0 Å². The van der Waals surface area contributed by atoms with Crippen LogP contribution in [0, 0.1) is 12.7 Å². The first kappa shape index (κ1) is 11.9. The minimum Gasteiger partial charge on any atom is -0.305 e. The molecule has 1 aliphatic rings. The van der Waals surface area contributed by atoms with Crippen molar-refractivity contribution in [2.45, 2.75) is 32.4 Å². The van der Waals surface area contributed by atoms with Gasteiger partial charge in [0.2, 0.25) is 0 Å². The number of halogens is 1. The number of aryl methyl sites for hydroxylation is 2. The maximum Gasteiger partial charge on any atom is 0.123 e. The average molecular weight is 261 g/mol. The molecule has 1 N–H and O–H groups in total. The highest BCUT2D eigenvalue weighted by atomic mass is 32.1. The second-order valence-corrected chi connectivity index (χ2v) is 6.20. The molecule has 0 saturated heterocycles. The van der Waals surface area contributed by atoms with E-state index in [4.69, 9.17) is 0 Å². The van der Waals surface area contributed by atoms with Gasteiger partial charge in [0.25, 0.3) is 0 Å². The Morgan fingerprint density at radius 1 is 1.33 bits per heavy atom. The number of hydrogen-bond donors (Lipinski definition) is 1. The Hall–Kier alpha value is -1.19. The number of thiophene rings is 1. The SMILES string of the molecule is Cc1ccc(CNC2CCc3cc(F)ccc32)s1. The fraction of sp³-hybridized carbons (Fsp3) is 0.333. The van der Waals surface area contributed by atoms with E-state index in [-0.39, 0.29) is 5.82 Å². The van der Waals surface area contributed by atoms with Crippen molar-refractivity contribution in [3.05, 3.63) is 57.0 Å². The van der Waals surface area contributed by atoms with Gasteiger partial charge >= 0.3 is 0 Å². The summed E-state index contributed by atoms with van der Waals surface area (Å²) in [5, 5.41) is 3.57. The monoisotopic (exact) mass is 261 g/mol. The Morgan fingerprint density at radius 3 is 3.00 bits per heavy atom. The van der Waals surface area contributed by atoms with Gasteiger partial charge in [0.1, 0.15) is 5.82 Å². The standard InChI is InChI=1S/C15H16FNS/c1-10-2-5-13(18-10)9-17-15-7-3-11-8-12(16)4-6-14(11)15/h2,4-6,8,15,17H,3,7,9H2,1H3. The predicted octanol–water partition coefficient (Wildman–Crippen LogP) is 3.97. The topological polar surface area (TPSA) is 12.0 Å². The molecular formula is C15H16FNS. The van der Waals surface area contributed by atoms with E-state index in [2.05, 4.69) is 24.4 Å². The van der Waals surface area contributed by atoms with Crippen molar-refractivity contribution in [1.82, 2.24) is 5.32 Å². The summed E-state index contributed by atoms with van der Waals surface area (Å²) in [6.45, 7) is 3.03. The number of benzene rings is 1. The van der Waals surface area contributed by atoms with E-state index in [1.807, 2.05) is 17.4 Å². The molecule has 0 saturated carbocycles. The summed E-state index contributed by atoms with van der Waals surface area (Å²) in [6, 6.07) is 9.87. The molecule has 0 aliphatic heterocycles. The summed E-state index contributed by atoms with van der Waals surface area (Å²) in [7, 11) is 0. The Balaban J connectivity index is 1.69. The Kier molecular flexibility index (Phi) is 3.18. The molecule has 2 aromatic rings. The van der Waals surface area contributed by atoms with Crippen LogP contribution < -0.4 is 5.32 Å². The molecule has 1 unspecified atom stereocenters. The van der Waals surface area contributed by atoms with Crippen LogP contribution in [0.2, 0.25) is 0 Å². The molecule has 3 rings (SSSR count). The molecule has 18 heavy (non-hydrogen) atoms. The lowest BCUT2D eigenvalue weighted by Gasteiger charge is -2.13. The van der Waals surface area contributed by atoms with Crippen LogP contribution in [0.25, 0.3) is 0 Å². The summed E-state index contributed by atoms with van der Waals surface area (Å²) >= 11 is 1.83. The molecule has 3 heteroatoms. The quantitative estimate of drug-likeness (QED) is 0.881. The number of hydrogen-bond acceptors (Lipinski definition) is 2. The minimum absolute atomic E-state index is 0.122. The molecule has 94 valence electrons. The molecule has 0 spiro atoms. The first-order valence-electron chi connectivity index (χ1n) is 6.29. The molecule has 0 bridgehead atoms. The maximum atomic E-state index is 13.1. The Bertz CT molecular complexity index is 561. The third-order valence-electron chi connectivity index (χ3n) is 3.50. The summed E-state index contributed by atoms with van der Waals surface area (Å²) in [6.07, 6.45) is 2.05. The molecular weight excluding hydrogens is 245 g/mol. The summed E-state index contributed by atoms with van der Waals surface area (Å²) in [5.74, 6) is -0.122. The smallest absolute Gasteiger partial charge is 0.123 e. The van der Waals surface area contributed by atoms with E-state index < -0.39 is 0 Å². The van der Waals surface area contributed by atoms with Crippen LogP contribution in [0.3, 0.4) is 0 Å². The van der Waals surface area contributed by atoms with Crippen molar-refractivity contribution in [3.63, 3.8) is 0 Å². The van der Waals surface area contributed by atoms with Crippen molar-refractivity contribution < 1.29 is 4.39 Å². The second kappa shape index (κ2) is 4.82. The lowest BCUT2D eigenvalue weighted by Crippen LogP contribution is -2.17. The van der Waals surface area contributed by atoms with E-state index in [1.165, 1.54) is 15.3 Å². The molecule has 1 atom stereocenters. The zero-order chi connectivity index (χ0) is 12.5. The van der Waals surface area contributed by atoms with Crippen LogP contribution in [0.15, 0.2) is 30.3 Å². The largest absolute Gasteiger partial charge is 0.305 e. The highest BCUT2D eigenvalue weighted by Crippen LogP contribution is 2.32. The van der Waals surface area contributed by atoms with Gasteiger partial charge in [-0.2, -0.15) is 0 Å². The van der Waals surface area contributed by atoms with E-state index >= 15 is 0 Å². The summed E-state index contributed by atoms with van der Waals surface area (Å²) < 4.78 is 13.1. The van der Waals surface area contributed by atoms with Crippen LogP contribution in [-0.4, -0.2) is 0 Å². The Labute approximate surface area is 111 Å². The van der Waals surface area contributed by atoms with Gasteiger partial charge in [-0.25, -0.2) is 4.39 Å². The molecule has 1 nitrogen and oxygen atoms in total. The molecule has 1 aromatic carbocycles. The second-order valence-electron chi connectivity index (χ2n) is 4.83. The number of rotatable bonds is 3. The highest BCUT2D eigenvalue weighted by Gasteiger charge is 2.22. The zero-order valence-electron chi connectivity index (χ0n) is 10.4. The van der Waals surface area contributed by atoms with Crippen molar-refractivity contribution in [2.75, 3.05) is 0 Å². The zero-order valence-corrected chi connectivity index (χ0v) is 11.2. The molecule has 0 radical (unpaired) electrons. The Morgan fingerprint density at radius 2 is 2.22 bits per heavy atom. The fourth-order valence-corrected chi connectivity index (χ4v) is 3.44. The van der Waals surface area contributed by atoms with E-state index in [1.54, 1.807) is 12.1 Å². The molecule has 1 heterocycles. The average Bonchev–Trinajstić information content (AvgIpc) is 2.92. The molecule has 1 aromatic heterocycles. The van der Waals surface area contributed by atoms with Gasteiger partial charge in [-0.05, 0) is 55.2 Å². The van der Waals surface area contributed by atoms with Crippen LogP contribution in [-0.2, 0) is 13.0 Å². The van der Waals surface area contributed by atoms with E-state index in [9.17, 15) is 4.39 Å². The first-order chi connectivity index (χ1) is 8.72. The van der Waals surface area contributed by atoms with Crippen LogP contribution in [0.5, 0.6) is 0 Å². The van der Waals surface area contributed by atoms with Gasteiger partial charge < -0.3 is 5.32 Å². The van der Waals surface area contributed by atoms with Crippen LogP contribution in [0.4, 0.5) is 4.39 Å². The van der Waals surface area contributed by atoms with Gasteiger partial charge in [0.05, 0.1) is 0 Å². The van der Waals surface area contributed by atoms with Crippen molar-refractivity contribution in [2.24, 2.45) is 0 Å². The third kappa shape index (κ3) is 2.33. The molecule has 0 amide bonds. The summed E-state index contributed by atoms with van der Waals surface area (Å²) in [4.78, 5) is 2.71. The minimum atomic E-state index is -0.122. The van der Waals surface area contributed by atoms with Gasteiger partial charge in [-0.1, -0.05) is 6.07 Å². The van der Waals surface area contributed by atoms with Crippen LogP contribution >= 0.6 is 11.3 Å². The molecule has 1 aliphatic carbocycles. The van der Waals surface area contributed by atoms with Crippen molar-refractivity contribution in [3.8, 4) is 0 Å². The normalized spacial score (nSPS) is 18.0.